The van der Waals surface area contributed by atoms with Crippen molar-refractivity contribution in [3.63, 3.8) is 0 Å². The second-order valence-electron chi connectivity index (χ2n) is 5.43. The lowest BCUT2D eigenvalue weighted by molar-refractivity contribution is 0.559. The summed E-state index contributed by atoms with van der Waals surface area (Å²) in [4.78, 5) is 0. The molecule has 0 aromatic heterocycles. The predicted octanol–water partition coefficient (Wildman–Crippen LogP) is 2.88. The third-order valence-electron chi connectivity index (χ3n) is 4.04. The van der Waals surface area contributed by atoms with E-state index < -0.39 is 5.66 Å². The average molecular weight is 242 g/mol. The summed E-state index contributed by atoms with van der Waals surface area (Å²) >= 11 is 0. The van der Waals surface area contributed by atoms with Crippen LogP contribution in [-0.2, 0) is 0 Å². The highest BCUT2D eigenvalue weighted by molar-refractivity contribution is 5.78. The van der Waals surface area contributed by atoms with Crippen molar-refractivity contribution in [1.82, 2.24) is 0 Å². The van der Waals surface area contributed by atoms with E-state index in [2.05, 4.69) is 39.8 Å². The fourth-order valence-corrected chi connectivity index (χ4v) is 2.38. The van der Waals surface area contributed by atoms with Crippen molar-refractivity contribution in [2.75, 3.05) is 0 Å². The lowest BCUT2D eigenvalue weighted by Gasteiger charge is -2.24. The number of hydrogen-bond acceptors (Lipinski definition) is 2. The molecule has 0 heterocycles. The van der Waals surface area contributed by atoms with Gasteiger partial charge in [-0.3, -0.25) is 0 Å². The molecule has 0 radical (unpaired) electrons. The summed E-state index contributed by atoms with van der Waals surface area (Å²) in [6.07, 6.45) is 6.76. The molecule has 18 heavy (non-hydrogen) atoms. The molecule has 1 aromatic carbocycles. The Labute approximate surface area is 109 Å². The first-order valence-electron chi connectivity index (χ1n) is 6.37. The van der Waals surface area contributed by atoms with Crippen LogP contribution in [0.2, 0.25) is 0 Å². The topological polar surface area (TPSA) is 52.0 Å². The summed E-state index contributed by atoms with van der Waals surface area (Å²) in [5, 5.41) is 0. The Morgan fingerprint density at radius 1 is 1.00 bits per heavy atom. The van der Waals surface area contributed by atoms with Crippen molar-refractivity contribution >= 4 is 5.57 Å². The largest absolute Gasteiger partial charge is 0.310 e. The van der Waals surface area contributed by atoms with Gasteiger partial charge in [-0.15, -0.1) is 0 Å². The van der Waals surface area contributed by atoms with Crippen LogP contribution in [0.15, 0.2) is 24.3 Å². The highest BCUT2D eigenvalue weighted by atomic mass is 14.9. The quantitative estimate of drug-likeness (QED) is 0.744. The lowest BCUT2D eigenvalue weighted by Crippen LogP contribution is -2.47. The van der Waals surface area contributed by atoms with Crippen molar-refractivity contribution in [3.8, 4) is 0 Å². The Bertz CT molecular complexity index is 549. The van der Waals surface area contributed by atoms with Gasteiger partial charge < -0.3 is 11.5 Å². The molecule has 0 saturated heterocycles. The molecule has 0 aliphatic heterocycles. The van der Waals surface area contributed by atoms with E-state index in [1.54, 1.807) is 0 Å². The van der Waals surface area contributed by atoms with Crippen LogP contribution in [0.25, 0.3) is 5.57 Å². The van der Waals surface area contributed by atoms with Gasteiger partial charge in [0.25, 0.3) is 0 Å². The minimum atomic E-state index is -0.688. The van der Waals surface area contributed by atoms with Crippen LogP contribution in [0, 0.1) is 27.7 Å². The fraction of sp³-hybridized carbons (Fsp3) is 0.375. The number of benzene rings is 1. The van der Waals surface area contributed by atoms with Crippen molar-refractivity contribution in [1.29, 1.82) is 0 Å². The zero-order valence-corrected chi connectivity index (χ0v) is 11.7. The molecular formula is C16H22N2. The molecule has 0 saturated carbocycles. The number of rotatable bonds is 1. The molecule has 96 valence electrons. The summed E-state index contributed by atoms with van der Waals surface area (Å²) in [5.74, 6) is 0. The number of aryl methyl sites for hydroxylation is 1. The van der Waals surface area contributed by atoms with Crippen molar-refractivity contribution < 1.29 is 0 Å². The van der Waals surface area contributed by atoms with Crippen LogP contribution >= 0.6 is 0 Å². The molecule has 1 aliphatic carbocycles. The predicted molar refractivity (Wildman–Crippen MR) is 78.2 cm³/mol. The molecule has 0 atom stereocenters. The van der Waals surface area contributed by atoms with E-state index >= 15 is 0 Å². The summed E-state index contributed by atoms with van der Waals surface area (Å²) in [6.45, 7) is 8.70. The molecule has 1 aliphatic rings. The number of hydrogen-bond donors (Lipinski definition) is 2. The maximum Gasteiger partial charge on any atom is 0.0867 e. The second-order valence-corrected chi connectivity index (χ2v) is 5.43. The molecule has 0 amide bonds. The molecule has 0 fully saturated rings. The summed E-state index contributed by atoms with van der Waals surface area (Å²) in [5.41, 5.74) is 19.0. The molecule has 1 aromatic rings. The first-order chi connectivity index (χ1) is 8.32. The first kappa shape index (κ1) is 13.1. The molecular weight excluding hydrogens is 220 g/mol. The van der Waals surface area contributed by atoms with E-state index in [-0.39, 0.29) is 0 Å². The Morgan fingerprint density at radius 3 is 2.22 bits per heavy atom. The number of allylic oxidation sites excluding steroid dienone is 2. The zero-order chi connectivity index (χ0) is 13.5. The van der Waals surface area contributed by atoms with Crippen LogP contribution in [-0.4, -0.2) is 5.66 Å². The van der Waals surface area contributed by atoms with Gasteiger partial charge >= 0.3 is 0 Å². The third-order valence-corrected chi connectivity index (χ3v) is 4.04. The van der Waals surface area contributed by atoms with E-state index in [4.69, 9.17) is 11.5 Å². The Morgan fingerprint density at radius 2 is 1.67 bits per heavy atom. The monoisotopic (exact) mass is 242 g/mol. The second kappa shape index (κ2) is 4.38. The molecule has 2 heteroatoms. The summed E-state index contributed by atoms with van der Waals surface area (Å²) in [6, 6.07) is 2.26. The summed E-state index contributed by atoms with van der Waals surface area (Å²) < 4.78 is 0. The minimum Gasteiger partial charge on any atom is -0.310 e. The van der Waals surface area contributed by atoms with Crippen LogP contribution in [0.5, 0.6) is 0 Å². The highest BCUT2D eigenvalue weighted by Gasteiger charge is 2.19. The Kier molecular flexibility index (Phi) is 3.18. The molecule has 0 unspecified atom stereocenters. The van der Waals surface area contributed by atoms with Gasteiger partial charge in [-0.1, -0.05) is 18.2 Å². The minimum absolute atomic E-state index is 0.685. The van der Waals surface area contributed by atoms with E-state index in [1.165, 1.54) is 33.4 Å². The van der Waals surface area contributed by atoms with Gasteiger partial charge in [-0.2, -0.15) is 0 Å². The van der Waals surface area contributed by atoms with Crippen molar-refractivity contribution in [2.24, 2.45) is 11.5 Å². The van der Waals surface area contributed by atoms with Crippen LogP contribution < -0.4 is 11.5 Å². The Hall–Kier alpha value is -1.38. The van der Waals surface area contributed by atoms with E-state index in [1.807, 2.05) is 12.2 Å². The maximum atomic E-state index is 5.89. The normalized spacial score (nSPS) is 17.8. The van der Waals surface area contributed by atoms with Gasteiger partial charge in [0.15, 0.2) is 0 Å². The fourth-order valence-electron chi connectivity index (χ4n) is 2.38. The van der Waals surface area contributed by atoms with Gasteiger partial charge in [0.1, 0.15) is 0 Å². The zero-order valence-electron chi connectivity index (χ0n) is 11.7. The SMILES string of the molecule is Cc1cc(C2=CCC(N)(N)C=C2)c(C)c(C)c1C. The van der Waals surface area contributed by atoms with Crippen LogP contribution in [0.1, 0.15) is 34.2 Å². The van der Waals surface area contributed by atoms with Gasteiger partial charge in [0, 0.05) is 6.42 Å². The van der Waals surface area contributed by atoms with E-state index in [0.717, 1.165) is 0 Å². The maximum absolute atomic E-state index is 5.89. The van der Waals surface area contributed by atoms with Gasteiger partial charge in [-0.05, 0) is 67.2 Å². The molecule has 0 spiro atoms. The molecule has 2 nitrogen and oxygen atoms in total. The summed E-state index contributed by atoms with van der Waals surface area (Å²) in [7, 11) is 0. The molecule has 4 N–H and O–H groups in total. The number of nitrogens with two attached hydrogens (primary N) is 2. The smallest absolute Gasteiger partial charge is 0.0867 e. The standard InChI is InChI=1S/C16H22N2/c1-10-9-15(13(4)12(3)11(10)2)14-5-7-16(17,18)8-6-14/h5-7,9H,8,17-18H2,1-4H3. The van der Waals surface area contributed by atoms with Crippen molar-refractivity contribution in [2.45, 2.75) is 39.8 Å². The molecule has 2 rings (SSSR count). The van der Waals surface area contributed by atoms with E-state index in [0.29, 0.717) is 6.42 Å². The van der Waals surface area contributed by atoms with Gasteiger partial charge in [-0.25, -0.2) is 0 Å². The average Bonchev–Trinajstić information content (AvgIpc) is 2.32. The van der Waals surface area contributed by atoms with Crippen LogP contribution in [0.3, 0.4) is 0 Å². The Balaban J connectivity index is 2.49. The lowest BCUT2D eigenvalue weighted by atomic mass is 9.87. The van der Waals surface area contributed by atoms with Gasteiger partial charge in [0.05, 0.1) is 5.66 Å². The third kappa shape index (κ3) is 2.26. The highest BCUT2D eigenvalue weighted by Crippen LogP contribution is 2.30. The van der Waals surface area contributed by atoms with Crippen molar-refractivity contribution in [3.05, 3.63) is 52.1 Å². The molecule has 0 bridgehead atoms. The van der Waals surface area contributed by atoms with Crippen LogP contribution in [0.4, 0.5) is 0 Å². The van der Waals surface area contributed by atoms with Gasteiger partial charge in [0.2, 0.25) is 0 Å². The first-order valence-corrected chi connectivity index (χ1v) is 6.37. The van der Waals surface area contributed by atoms with E-state index in [9.17, 15) is 0 Å².